The summed E-state index contributed by atoms with van der Waals surface area (Å²) in [4.78, 5) is 11.3. The maximum atomic E-state index is 6.05. The van der Waals surface area contributed by atoms with Gasteiger partial charge in [0.05, 0.1) is 10.0 Å². The monoisotopic (exact) mass is 426 g/mol. The standard InChI is InChI=1S/C19H24Cl2N4OS/c1-13-11-18(24-19(23-13)27-2)22-7-10-25-8-5-14(6-9-25)26-15-3-4-16(20)17(21)12-15/h3-4,11-12,14H,5-10H2,1-2H3,(H,22,23,24). The van der Waals surface area contributed by atoms with Crippen LogP contribution >= 0.6 is 35.0 Å². The van der Waals surface area contributed by atoms with E-state index in [0.717, 1.165) is 61.4 Å². The van der Waals surface area contributed by atoms with Crippen LogP contribution in [0.3, 0.4) is 0 Å². The maximum absolute atomic E-state index is 6.05. The third-order valence-electron chi connectivity index (χ3n) is 4.48. The van der Waals surface area contributed by atoms with Gasteiger partial charge < -0.3 is 15.0 Å². The lowest BCUT2D eigenvalue weighted by atomic mass is 10.1. The van der Waals surface area contributed by atoms with Crippen LogP contribution in [-0.2, 0) is 0 Å². The summed E-state index contributed by atoms with van der Waals surface area (Å²) < 4.78 is 6.05. The van der Waals surface area contributed by atoms with Crippen molar-refractivity contribution in [2.24, 2.45) is 0 Å². The lowest BCUT2D eigenvalue weighted by molar-refractivity contribution is 0.103. The number of halogens is 2. The molecule has 0 unspecified atom stereocenters. The Balaban J connectivity index is 1.40. The minimum absolute atomic E-state index is 0.222. The van der Waals surface area contributed by atoms with Crippen molar-refractivity contribution >= 4 is 40.8 Å². The summed E-state index contributed by atoms with van der Waals surface area (Å²) in [6.07, 6.45) is 4.22. The van der Waals surface area contributed by atoms with Gasteiger partial charge in [0.1, 0.15) is 17.7 Å². The van der Waals surface area contributed by atoms with Crippen LogP contribution in [0.2, 0.25) is 10.0 Å². The number of aromatic nitrogens is 2. The molecule has 0 bridgehead atoms. The number of likely N-dealkylation sites (tertiary alicyclic amines) is 1. The Kier molecular flexibility index (Phi) is 7.47. The fourth-order valence-electron chi connectivity index (χ4n) is 3.06. The molecule has 27 heavy (non-hydrogen) atoms. The van der Waals surface area contributed by atoms with Gasteiger partial charge in [0.2, 0.25) is 0 Å². The predicted octanol–water partition coefficient (Wildman–Crippen LogP) is 4.77. The Morgan fingerprint density at radius 1 is 1.19 bits per heavy atom. The van der Waals surface area contributed by atoms with Crippen LogP contribution in [0.4, 0.5) is 5.82 Å². The number of piperidine rings is 1. The van der Waals surface area contributed by atoms with Gasteiger partial charge in [0.15, 0.2) is 5.16 Å². The molecule has 1 aromatic carbocycles. The first-order valence-corrected chi connectivity index (χ1v) is 11.0. The van der Waals surface area contributed by atoms with Gasteiger partial charge in [-0.25, -0.2) is 9.97 Å². The first kappa shape index (κ1) is 20.5. The molecule has 2 heterocycles. The van der Waals surface area contributed by atoms with Gasteiger partial charge >= 0.3 is 0 Å². The molecule has 1 aliphatic heterocycles. The van der Waals surface area contributed by atoms with Crippen molar-refractivity contribution in [1.29, 1.82) is 0 Å². The van der Waals surface area contributed by atoms with Gasteiger partial charge in [-0.15, -0.1) is 0 Å². The fourth-order valence-corrected chi connectivity index (χ4v) is 3.77. The van der Waals surface area contributed by atoms with Crippen LogP contribution in [0.25, 0.3) is 0 Å². The molecule has 0 amide bonds. The molecular weight excluding hydrogens is 403 g/mol. The van der Waals surface area contributed by atoms with E-state index in [4.69, 9.17) is 27.9 Å². The Hall–Kier alpha value is -1.21. The number of aryl methyl sites for hydroxylation is 1. The Bertz CT molecular complexity index is 769. The van der Waals surface area contributed by atoms with Gasteiger partial charge in [-0.05, 0) is 38.2 Å². The van der Waals surface area contributed by atoms with Crippen LogP contribution < -0.4 is 10.1 Å². The van der Waals surface area contributed by atoms with E-state index < -0.39 is 0 Å². The van der Waals surface area contributed by atoms with Crippen LogP contribution in [0.5, 0.6) is 5.75 Å². The summed E-state index contributed by atoms with van der Waals surface area (Å²) in [6, 6.07) is 7.41. The van der Waals surface area contributed by atoms with Gasteiger partial charge in [0.25, 0.3) is 0 Å². The lowest BCUT2D eigenvalue weighted by Gasteiger charge is -2.32. The Morgan fingerprint density at radius 3 is 2.67 bits per heavy atom. The van der Waals surface area contributed by atoms with E-state index in [-0.39, 0.29) is 6.10 Å². The van der Waals surface area contributed by atoms with Crippen molar-refractivity contribution in [3.8, 4) is 5.75 Å². The van der Waals surface area contributed by atoms with Crippen molar-refractivity contribution < 1.29 is 4.74 Å². The second-order valence-electron chi connectivity index (χ2n) is 6.54. The first-order chi connectivity index (χ1) is 13.0. The second kappa shape index (κ2) is 9.82. The molecule has 0 aliphatic carbocycles. The van der Waals surface area contributed by atoms with Gasteiger partial charge in [-0.1, -0.05) is 35.0 Å². The number of ether oxygens (including phenoxy) is 1. The highest BCUT2D eigenvalue weighted by Gasteiger charge is 2.20. The number of hydrogen-bond acceptors (Lipinski definition) is 6. The zero-order chi connectivity index (χ0) is 19.2. The largest absolute Gasteiger partial charge is 0.490 e. The molecule has 1 saturated heterocycles. The predicted molar refractivity (Wildman–Crippen MR) is 114 cm³/mol. The van der Waals surface area contributed by atoms with Crippen LogP contribution in [-0.4, -0.2) is 53.4 Å². The highest BCUT2D eigenvalue weighted by Crippen LogP contribution is 2.28. The smallest absolute Gasteiger partial charge is 0.189 e. The Morgan fingerprint density at radius 2 is 1.96 bits per heavy atom. The van der Waals surface area contributed by atoms with E-state index in [2.05, 4.69) is 20.2 Å². The van der Waals surface area contributed by atoms with Crippen molar-refractivity contribution in [1.82, 2.24) is 14.9 Å². The molecule has 2 aromatic rings. The van der Waals surface area contributed by atoms with E-state index in [0.29, 0.717) is 10.0 Å². The second-order valence-corrected chi connectivity index (χ2v) is 8.13. The number of hydrogen-bond donors (Lipinski definition) is 1. The maximum Gasteiger partial charge on any atom is 0.189 e. The molecule has 1 fully saturated rings. The molecule has 1 N–H and O–H groups in total. The number of benzene rings is 1. The summed E-state index contributed by atoms with van der Waals surface area (Å²) >= 11 is 13.6. The van der Waals surface area contributed by atoms with Crippen molar-refractivity contribution in [2.45, 2.75) is 31.0 Å². The molecule has 1 aromatic heterocycles. The van der Waals surface area contributed by atoms with Crippen LogP contribution in [0, 0.1) is 6.92 Å². The number of nitrogens with one attached hydrogen (secondary N) is 1. The third kappa shape index (κ3) is 6.14. The molecule has 0 radical (unpaired) electrons. The van der Waals surface area contributed by atoms with E-state index in [1.165, 1.54) is 0 Å². The molecule has 146 valence electrons. The average Bonchev–Trinajstić information content (AvgIpc) is 2.66. The summed E-state index contributed by atoms with van der Waals surface area (Å²) in [5, 5.41) is 5.29. The average molecular weight is 427 g/mol. The van der Waals surface area contributed by atoms with Crippen molar-refractivity contribution in [2.75, 3.05) is 37.8 Å². The number of thioether (sulfide) groups is 1. The quantitative estimate of drug-likeness (QED) is 0.508. The van der Waals surface area contributed by atoms with Gasteiger partial charge in [-0.2, -0.15) is 0 Å². The summed E-state index contributed by atoms with van der Waals surface area (Å²) in [7, 11) is 0. The van der Waals surface area contributed by atoms with Crippen molar-refractivity contribution in [3.05, 3.63) is 40.0 Å². The minimum atomic E-state index is 0.222. The number of anilines is 1. The van der Waals surface area contributed by atoms with E-state index in [9.17, 15) is 0 Å². The summed E-state index contributed by atoms with van der Waals surface area (Å²) in [6.45, 7) is 5.88. The highest BCUT2D eigenvalue weighted by molar-refractivity contribution is 7.98. The normalized spacial score (nSPS) is 15.7. The SMILES string of the molecule is CSc1nc(C)cc(NCCN2CCC(Oc3ccc(Cl)c(Cl)c3)CC2)n1. The zero-order valence-electron chi connectivity index (χ0n) is 15.5. The lowest BCUT2D eigenvalue weighted by Crippen LogP contribution is -2.40. The van der Waals surface area contributed by atoms with Crippen LogP contribution in [0.1, 0.15) is 18.5 Å². The van der Waals surface area contributed by atoms with Crippen LogP contribution in [0.15, 0.2) is 29.4 Å². The molecular formula is C19H24Cl2N4OS. The topological polar surface area (TPSA) is 50.3 Å². The van der Waals surface area contributed by atoms with E-state index >= 15 is 0 Å². The van der Waals surface area contributed by atoms with Gasteiger partial charge in [-0.3, -0.25) is 0 Å². The van der Waals surface area contributed by atoms with E-state index in [1.807, 2.05) is 25.3 Å². The van der Waals surface area contributed by atoms with E-state index in [1.54, 1.807) is 23.9 Å². The number of rotatable bonds is 7. The molecule has 3 rings (SSSR count). The molecule has 0 saturated carbocycles. The minimum Gasteiger partial charge on any atom is -0.490 e. The molecule has 0 atom stereocenters. The highest BCUT2D eigenvalue weighted by atomic mass is 35.5. The molecule has 0 spiro atoms. The summed E-state index contributed by atoms with van der Waals surface area (Å²) in [5.41, 5.74) is 0.983. The third-order valence-corrected chi connectivity index (χ3v) is 5.77. The molecule has 5 nitrogen and oxygen atoms in total. The number of nitrogens with zero attached hydrogens (tertiary/aromatic N) is 3. The fraction of sp³-hybridized carbons (Fsp3) is 0.474. The molecule has 1 aliphatic rings. The first-order valence-electron chi connectivity index (χ1n) is 9.01. The zero-order valence-corrected chi connectivity index (χ0v) is 17.9. The summed E-state index contributed by atoms with van der Waals surface area (Å²) in [5.74, 6) is 1.68. The Labute approximate surface area is 174 Å². The van der Waals surface area contributed by atoms with Gasteiger partial charge in [0, 0.05) is 44.0 Å². The molecule has 8 heteroatoms. The van der Waals surface area contributed by atoms with Crippen molar-refractivity contribution in [3.63, 3.8) is 0 Å².